The molecule has 2 aromatic carbocycles. The molecule has 4 heteroatoms. The summed E-state index contributed by atoms with van der Waals surface area (Å²) >= 11 is 3.31. The Morgan fingerprint density at radius 2 is 1.50 bits per heavy atom. The van der Waals surface area contributed by atoms with E-state index in [4.69, 9.17) is 0 Å². The van der Waals surface area contributed by atoms with Gasteiger partial charge in [0.2, 0.25) is 0 Å². The average molecular weight is 302 g/mol. The molecule has 2 amide bonds. The van der Waals surface area contributed by atoms with Gasteiger partial charge in [0, 0.05) is 4.47 Å². The normalized spacial score (nSPS) is 13.4. The fourth-order valence-electron chi connectivity index (χ4n) is 2.12. The monoisotopic (exact) mass is 301 g/mol. The molecule has 0 atom stereocenters. The van der Waals surface area contributed by atoms with Gasteiger partial charge in [-0.1, -0.05) is 36.4 Å². The Morgan fingerprint density at radius 3 is 2.22 bits per heavy atom. The number of nitrogens with one attached hydrogen (secondary N) is 1. The Hall–Kier alpha value is -1.94. The van der Waals surface area contributed by atoms with Crippen LogP contribution in [0.2, 0.25) is 0 Å². The highest BCUT2D eigenvalue weighted by Gasteiger charge is 2.31. The van der Waals surface area contributed by atoms with Gasteiger partial charge in [0.1, 0.15) is 0 Å². The lowest BCUT2D eigenvalue weighted by molar-refractivity contribution is 0.0879. The maximum atomic E-state index is 11.9. The molecule has 0 saturated heterocycles. The first-order valence-electron chi connectivity index (χ1n) is 5.42. The smallest absolute Gasteiger partial charge is 0.260 e. The van der Waals surface area contributed by atoms with Crippen molar-refractivity contribution in [1.82, 2.24) is 5.32 Å². The third-order valence-electron chi connectivity index (χ3n) is 2.92. The van der Waals surface area contributed by atoms with E-state index in [1.54, 1.807) is 6.07 Å². The molecule has 18 heavy (non-hydrogen) atoms. The molecule has 0 spiro atoms. The van der Waals surface area contributed by atoms with E-state index in [1.807, 2.05) is 36.4 Å². The van der Waals surface area contributed by atoms with Crippen molar-refractivity contribution in [3.05, 3.63) is 58.1 Å². The van der Waals surface area contributed by atoms with Crippen LogP contribution in [0.4, 0.5) is 0 Å². The van der Waals surface area contributed by atoms with Gasteiger partial charge in [-0.25, -0.2) is 0 Å². The van der Waals surface area contributed by atoms with E-state index in [0.29, 0.717) is 15.6 Å². The third-order valence-corrected chi connectivity index (χ3v) is 3.58. The van der Waals surface area contributed by atoms with Gasteiger partial charge in [0.05, 0.1) is 11.1 Å². The van der Waals surface area contributed by atoms with E-state index in [9.17, 15) is 9.59 Å². The minimum atomic E-state index is -0.348. The molecule has 1 aliphatic heterocycles. The summed E-state index contributed by atoms with van der Waals surface area (Å²) in [5.41, 5.74) is 2.56. The first kappa shape index (κ1) is 11.2. The predicted molar refractivity (Wildman–Crippen MR) is 71.4 cm³/mol. The molecule has 0 saturated carbocycles. The van der Waals surface area contributed by atoms with Gasteiger partial charge in [0.25, 0.3) is 11.8 Å². The van der Waals surface area contributed by atoms with Crippen molar-refractivity contribution >= 4 is 27.7 Å². The van der Waals surface area contributed by atoms with E-state index in [0.717, 1.165) is 11.1 Å². The maximum Gasteiger partial charge on any atom is 0.260 e. The van der Waals surface area contributed by atoms with Gasteiger partial charge < -0.3 is 0 Å². The minimum absolute atomic E-state index is 0.338. The summed E-state index contributed by atoms with van der Waals surface area (Å²) in [6.07, 6.45) is 0. The van der Waals surface area contributed by atoms with Crippen molar-refractivity contribution in [2.45, 2.75) is 0 Å². The van der Waals surface area contributed by atoms with Crippen molar-refractivity contribution in [2.75, 3.05) is 0 Å². The number of imide groups is 1. The van der Waals surface area contributed by atoms with Gasteiger partial charge in [-0.15, -0.1) is 0 Å². The third kappa shape index (κ3) is 1.57. The summed E-state index contributed by atoms with van der Waals surface area (Å²) in [5, 5.41) is 2.33. The van der Waals surface area contributed by atoms with Crippen molar-refractivity contribution in [1.29, 1.82) is 0 Å². The van der Waals surface area contributed by atoms with Crippen LogP contribution in [0.1, 0.15) is 20.7 Å². The highest BCUT2D eigenvalue weighted by atomic mass is 79.9. The maximum absolute atomic E-state index is 11.9. The molecule has 0 radical (unpaired) electrons. The van der Waals surface area contributed by atoms with E-state index in [-0.39, 0.29) is 11.8 Å². The SMILES string of the molecule is O=C1NC(=O)c2c(-c3ccccc3)ccc(Br)c21. The van der Waals surface area contributed by atoms with E-state index < -0.39 is 0 Å². The second kappa shape index (κ2) is 4.07. The Kier molecular flexibility index (Phi) is 2.52. The number of halogens is 1. The molecule has 0 aliphatic carbocycles. The molecule has 88 valence electrons. The van der Waals surface area contributed by atoms with Crippen LogP contribution in [0.3, 0.4) is 0 Å². The standard InChI is InChI=1S/C14H8BrNO2/c15-10-7-6-9(8-4-2-1-3-5-8)11-12(10)14(18)16-13(11)17/h1-7H,(H,16,17,18). The highest BCUT2D eigenvalue weighted by Crippen LogP contribution is 2.33. The average Bonchev–Trinajstić information content (AvgIpc) is 2.68. The van der Waals surface area contributed by atoms with E-state index >= 15 is 0 Å². The predicted octanol–water partition coefficient (Wildman–Crippen LogP) is 3.00. The zero-order chi connectivity index (χ0) is 12.7. The minimum Gasteiger partial charge on any atom is -0.288 e. The van der Waals surface area contributed by atoms with Crippen LogP contribution < -0.4 is 5.32 Å². The van der Waals surface area contributed by atoms with Crippen LogP contribution in [0.15, 0.2) is 46.9 Å². The first-order valence-corrected chi connectivity index (χ1v) is 6.21. The van der Waals surface area contributed by atoms with E-state index in [1.165, 1.54) is 0 Å². The van der Waals surface area contributed by atoms with Gasteiger partial charge in [-0.2, -0.15) is 0 Å². The number of hydrogen-bond donors (Lipinski definition) is 1. The van der Waals surface area contributed by atoms with Crippen LogP contribution in [0, 0.1) is 0 Å². The Labute approximate surface area is 112 Å². The van der Waals surface area contributed by atoms with Gasteiger partial charge in [-0.3, -0.25) is 14.9 Å². The molecule has 1 aliphatic rings. The quantitative estimate of drug-likeness (QED) is 0.823. The molecule has 3 nitrogen and oxygen atoms in total. The van der Waals surface area contributed by atoms with Crippen LogP contribution in [-0.4, -0.2) is 11.8 Å². The Balaban J connectivity index is 2.32. The lowest BCUT2D eigenvalue weighted by atomic mass is 9.97. The van der Waals surface area contributed by atoms with Crippen molar-refractivity contribution in [3.8, 4) is 11.1 Å². The summed E-state index contributed by atoms with van der Waals surface area (Å²) < 4.78 is 0.639. The summed E-state index contributed by atoms with van der Waals surface area (Å²) in [5.74, 6) is -0.685. The van der Waals surface area contributed by atoms with Crippen LogP contribution >= 0.6 is 15.9 Å². The molecule has 0 bridgehead atoms. The second-order valence-corrected chi connectivity index (χ2v) is 4.85. The fourth-order valence-corrected chi connectivity index (χ4v) is 2.63. The molecular formula is C14H8BrNO2. The van der Waals surface area contributed by atoms with Crippen molar-refractivity contribution < 1.29 is 9.59 Å². The number of carbonyl (C=O) groups is 2. The molecular weight excluding hydrogens is 294 g/mol. The molecule has 1 N–H and O–H groups in total. The zero-order valence-corrected chi connectivity index (χ0v) is 10.8. The fraction of sp³-hybridized carbons (Fsp3) is 0. The number of rotatable bonds is 1. The summed E-state index contributed by atoms with van der Waals surface area (Å²) in [4.78, 5) is 23.6. The zero-order valence-electron chi connectivity index (χ0n) is 9.24. The molecule has 0 aromatic heterocycles. The van der Waals surface area contributed by atoms with Crippen molar-refractivity contribution in [2.24, 2.45) is 0 Å². The number of amides is 2. The van der Waals surface area contributed by atoms with Crippen LogP contribution in [0.5, 0.6) is 0 Å². The topological polar surface area (TPSA) is 46.2 Å². The van der Waals surface area contributed by atoms with Gasteiger partial charge in [-0.05, 0) is 33.1 Å². The Morgan fingerprint density at radius 1 is 0.833 bits per heavy atom. The first-order chi connectivity index (χ1) is 8.68. The van der Waals surface area contributed by atoms with Crippen molar-refractivity contribution in [3.63, 3.8) is 0 Å². The largest absolute Gasteiger partial charge is 0.288 e. The second-order valence-electron chi connectivity index (χ2n) is 3.99. The van der Waals surface area contributed by atoms with Gasteiger partial charge >= 0.3 is 0 Å². The molecule has 3 rings (SSSR count). The molecule has 2 aromatic rings. The number of carbonyl (C=O) groups excluding carboxylic acids is 2. The molecule has 0 fully saturated rings. The summed E-state index contributed by atoms with van der Waals surface area (Å²) in [7, 11) is 0. The summed E-state index contributed by atoms with van der Waals surface area (Å²) in [6.45, 7) is 0. The Bertz CT molecular complexity index is 665. The number of hydrogen-bond acceptors (Lipinski definition) is 2. The molecule has 0 unspecified atom stereocenters. The van der Waals surface area contributed by atoms with Gasteiger partial charge in [0.15, 0.2) is 0 Å². The van der Waals surface area contributed by atoms with Crippen LogP contribution in [0.25, 0.3) is 11.1 Å². The number of benzene rings is 2. The lowest BCUT2D eigenvalue weighted by Crippen LogP contribution is -2.20. The highest BCUT2D eigenvalue weighted by molar-refractivity contribution is 9.10. The van der Waals surface area contributed by atoms with Crippen LogP contribution in [-0.2, 0) is 0 Å². The lowest BCUT2D eigenvalue weighted by Gasteiger charge is -2.07. The summed E-state index contributed by atoms with van der Waals surface area (Å²) in [6, 6.07) is 13.2. The number of fused-ring (bicyclic) bond motifs is 1. The molecule has 1 heterocycles. The van der Waals surface area contributed by atoms with E-state index in [2.05, 4.69) is 21.2 Å².